The molecule has 1 aromatic carbocycles. The van der Waals surface area contributed by atoms with Gasteiger partial charge in [-0.3, -0.25) is 4.79 Å². The minimum Gasteiger partial charge on any atom is -0.353 e. The topological polar surface area (TPSA) is 29.1 Å². The van der Waals surface area contributed by atoms with Crippen LogP contribution in [0.3, 0.4) is 0 Å². The van der Waals surface area contributed by atoms with Crippen LogP contribution in [0.25, 0.3) is 0 Å². The number of hydrogen-bond donors (Lipinski definition) is 1. The van der Waals surface area contributed by atoms with E-state index < -0.39 is 0 Å². The third-order valence-electron chi connectivity index (χ3n) is 3.08. The Hall–Kier alpha value is -1.13. The number of carbonyl (C=O) groups is 1. The summed E-state index contributed by atoms with van der Waals surface area (Å²) in [6.07, 6.45) is 2.24. The molecule has 0 radical (unpaired) electrons. The monoisotopic (exact) mass is 351 g/mol. The highest BCUT2D eigenvalue weighted by molar-refractivity contribution is 9.10. The average Bonchev–Trinajstić information content (AvgIpc) is 2.92. The Morgan fingerprint density at radius 2 is 2.00 bits per heavy atom. The molecule has 2 rings (SSSR count). The summed E-state index contributed by atoms with van der Waals surface area (Å²) >= 11 is 5.09. The Kier molecular flexibility index (Phi) is 5.80. The molecule has 0 aliphatic carbocycles. The van der Waals surface area contributed by atoms with Crippen molar-refractivity contribution in [1.82, 2.24) is 5.32 Å². The fourth-order valence-electron chi connectivity index (χ4n) is 2.06. The minimum absolute atomic E-state index is 0.126. The van der Waals surface area contributed by atoms with Gasteiger partial charge in [0.2, 0.25) is 5.91 Å². The second-order valence-electron chi connectivity index (χ2n) is 4.93. The van der Waals surface area contributed by atoms with Gasteiger partial charge in [0.05, 0.1) is 0 Å². The zero-order valence-electron chi connectivity index (χ0n) is 11.4. The molecule has 0 spiro atoms. The van der Waals surface area contributed by atoms with Gasteiger partial charge in [-0.1, -0.05) is 28.1 Å². The van der Waals surface area contributed by atoms with E-state index in [1.807, 2.05) is 24.4 Å². The molecule has 1 heterocycles. The van der Waals surface area contributed by atoms with Crippen LogP contribution in [-0.4, -0.2) is 11.9 Å². The molecule has 2 aromatic rings. The zero-order valence-corrected chi connectivity index (χ0v) is 13.8. The Balaban J connectivity index is 1.74. The molecule has 1 aromatic heterocycles. The fraction of sp³-hybridized carbons (Fsp3) is 0.312. The SMILES string of the molecule is C[C@@H](Cc1ccc(Br)cc1)NC(=O)CCc1ccsc1. The predicted molar refractivity (Wildman–Crippen MR) is 88.1 cm³/mol. The molecule has 1 N–H and O–H groups in total. The van der Waals surface area contributed by atoms with Gasteiger partial charge in [0.1, 0.15) is 0 Å². The molecule has 0 saturated heterocycles. The lowest BCUT2D eigenvalue weighted by Gasteiger charge is -2.14. The number of amides is 1. The molecular formula is C16H18BrNOS. The summed E-state index contributed by atoms with van der Waals surface area (Å²) in [5, 5.41) is 7.20. The lowest BCUT2D eigenvalue weighted by atomic mass is 10.1. The lowest BCUT2D eigenvalue weighted by molar-refractivity contribution is -0.121. The van der Waals surface area contributed by atoms with Crippen molar-refractivity contribution in [2.45, 2.75) is 32.2 Å². The van der Waals surface area contributed by atoms with E-state index in [0.717, 1.165) is 17.3 Å². The van der Waals surface area contributed by atoms with Gasteiger partial charge in [-0.15, -0.1) is 0 Å². The summed E-state index contributed by atoms with van der Waals surface area (Å²) in [7, 11) is 0. The van der Waals surface area contributed by atoms with Crippen molar-refractivity contribution in [2.75, 3.05) is 0 Å². The molecule has 0 bridgehead atoms. The van der Waals surface area contributed by atoms with E-state index in [9.17, 15) is 4.79 Å². The highest BCUT2D eigenvalue weighted by Gasteiger charge is 2.08. The summed E-state index contributed by atoms with van der Waals surface area (Å²) in [6, 6.07) is 10.5. The van der Waals surface area contributed by atoms with Gasteiger partial charge in [0.25, 0.3) is 0 Å². The Morgan fingerprint density at radius 3 is 2.65 bits per heavy atom. The van der Waals surface area contributed by atoms with Crippen LogP contribution in [0, 0.1) is 0 Å². The molecule has 2 nitrogen and oxygen atoms in total. The lowest BCUT2D eigenvalue weighted by Crippen LogP contribution is -2.34. The van der Waals surface area contributed by atoms with Crippen molar-refractivity contribution >= 4 is 33.2 Å². The third-order valence-corrected chi connectivity index (χ3v) is 4.34. The van der Waals surface area contributed by atoms with Crippen molar-refractivity contribution < 1.29 is 4.79 Å². The van der Waals surface area contributed by atoms with Crippen molar-refractivity contribution in [3.05, 3.63) is 56.7 Å². The van der Waals surface area contributed by atoms with Crippen LogP contribution in [0.5, 0.6) is 0 Å². The molecule has 0 aliphatic heterocycles. The second-order valence-corrected chi connectivity index (χ2v) is 6.63. The maximum absolute atomic E-state index is 11.9. The van der Waals surface area contributed by atoms with Crippen molar-refractivity contribution in [1.29, 1.82) is 0 Å². The van der Waals surface area contributed by atoms with Crippen molar-refractivity contribution in [3.8, 4) is 0 Å². The van der Waals surface area contributed by atoms with Crippen LogP contribution in [0.1, 0.15) is 24.5 Å². The summed E-state index contributed by atoms with van der Waals surface area (Å²) in [5.74, 6) is 0.126. The van der Waals surface area contributed by atoms with Crippen LogP contribution in [0.15, 0.2) is 45.6 Å². The molecule has 20 heavy (non-hydrogen) atoms. The summed E-state index contributed by atoms with van der Waals surface area (Å²) in [6.45, 7) is 2.05. The first-order chi connectivity index (χ1) is 9.63. The largest absolute Gasteiger partial charge is 0.353 e. The number of benzene rings is 1. The Morgan fingerprint density at radius 1 is 1.25 bits per heavy atom. The van der Waals surface area contributed by atoms with Gasteiger partial charge < -0.3 is 5.32 Å². The van der Waals surface area contributed by atoms with Gasteiger partial charge in [-0.25, -0.2) is 0 Å². The summed E-state index contributed by atoms with van der Waals surface area (Å²) < 4.78 is 1.08. The van der Waals surface area contributed by atoms with Gasteiger partial charge in [-0.05, 0) is 59.9 Å². The molecule has 0 fully saturated rings. The molecule has 4 heteroatoms. The van der Waals surface area contributed by atoms with Gasteiger partial charge in [0, 0.05) is 16.9 Å². The molecule has 0 unspecified atom stereocenters. The number of carbonyl (C=O) groups excluding carboxylic acids is 1. The summed E-state index contributed by atoms with van der Waals surface area (Å²) in [5.41, 5.74) is 2.48. The number of aryl methyl sites for hydroxylation is 1. The van der Waals surface area contributed by atoms with Crippen LogP contribution in [0.2, 0.25) is 0 Å². The zero-order chi connectivity index (χ0) is 14.4. The molecular weight excluding hydrogens is 334 g/mol. The maximum Gasteiger partial charge on any atom is 0.220 e. The molecule has 1 amide bonds. The smallest absolute Gasteiger partial charge is 0.220 e. The Bertz CT molecular complexity index is 536. The first kappa shape index (κ1) is 15.3. The van der Waals surface area contributed by atoms with E-state index in [1.165, 1.54) is 11.1 Å². The number of halogens is 1. The van der Waals surface area contributed by atoms with Crippen molar-refractivity contribution in [3.63, 3.8) is 0 Å². The molecule has 0 aliphatic rings. The minimum atomic E-state index is 0.126. The normalized spacial score (nSPS) is 12.1. The van der Waals surface area contributed by atoms with E-state index in [1.54, 1.807) is 11.3 Å². The second kappa shape index (κ2) is 7.60. The highest BCUT2D eigenvalue weighted by Crippen LogP contribution is 2.12. The van der Waals surface area contributed by atoms with Gasteiger partial charge in [-0.2, -0.15) is 11.3 Å². The molecule has 106 valence electrons. The summed E-state index contributed by atoms with van der Waals surface area (Å²) in [4.78, 5) is 11.9. The number of thiophene rings is 1. The highest BCUT2D eigenvalue weighted by atomic mass is 79.9. The van der Waals surface area contributed by atoms with Gasteiger partial charge in [0.15, 0.2) is 0 Å². The van der Waals surface area contributed by atoms with E-state index in [0.29, 0.717) is 6.42 Å². The predicted octanol–water partition coefficient (Wildman–Crippen LogP) is 4.19. The van der Waals surface area contributed by atoms with Gasteiger partial charge >= 0.3 is 0 Å². The van der Waals surface area contributed by atoms with Crippen LogP contribution < -0.4 is 5.32 Å². The van der Waals surface area contributed by atoms with E-state index in [-0.39, 0.29) is 11.9 Å². The first-order valence-corrected chi connectivity index (χ1v) is 8.42. The number of rotatable bonds is 6. The van der Waals surface area contributed by atoms with Crippen LogP contribution in [-0.2, 0) is 17.6 Å². The molecule has 1 atom stereocenters. The number of hydrogen-bond acceptors (Lipinski definition) is 2. The maximum atomic E-state index is 11.9. The van der Waals surface area contributed by atoms with E-state index in [2.05, 4.69) is 44.8 Å². The standard InChI is InChI=1S/C16H18BrNOS/c1-12(10-13-2-5-15(17)6-3-13)18-16(19)7-4-14-8-9-20-11-14/h2-3,5-6,8-9,11-12H,4,7,10H2,1H3,(H,18,19)/t12-/m0/s1. The third kappa shape index (κ3) is 5.10. The first-order valence-electron chi connectivity index (χ1n) is 6.68. The number of nitrogens with one attached hydrogen (secondary N) is 1. The molecule has 0 saturated carbocycles. The van der Waals surface area contributed by atoms with E-state index >= 15 is 0 Å². The average molecular weight is 352 g/mol. The Labute approximate surface area is 132 Å². The van der Waals surface area contributed by atoms with Crippen molar-refractivity contribution in [2.24, 2.45) is 0 Å². The quantitative estimate of drug-likeness (QED) is 0.830. The van der Waals surface area contributed by atoms with Crippen LogP contribution in [0.4, 0.5) is 0 Å². The van der Waals surface area contributed by atoms with Crippen LogP contribution >= 0.6 is 27.3 Å². The fourth-order valence-corrected chi connectivity index (χ4v) is 3.03. The van der Waals surface area contributed by atoms with E-state index in [4.69, 9.17) is 0 Å².